The third-order valence-corrected chi connectivity index (χ3v) is 5.31. The number of hydrogen-bond donors (Lipinski definition) is 1. The van der Waals surface area contributed by atoms with Gasteiger partial charge < -0.3 is 14.2 Å². The van der Waals surface area contributed by atoms with Gasteiger partial charge in [-0.1, -0.05) is 19.9 Å². The Bertz CT molecular complexity index is 805. The van der Waals surface area contributed by atoms with Crippen molar-refractivity contribution in [3.05, 3.63) is 28.8 Å². The summed E-state index contributed by atoms with van der Waals surface area (Å²) >= 11 is 0. The predicted octanol–water partition coefficient (Wildman–Crippen LogP) is 3.85. The molecule has 1 aromatic rings. The van der Waals surface area contributed by atoms with Gasteiger partial charge in [0.25, 0.3) is 0 Å². The minimum absolute atomic E-state index is 0.177. The number of benzene rings is 1. The Balaban J connectivity index is 2.47. The van der Waals surface area contributed by atoms with Crippen molar-refractivity contribution in [1.82, 2.24) is 4.90 Å². The maximum Gasteiger partial charge on any atom is 0.534 e. The molecule has 1 aliphatic heterocycles. The summed E-state index contributed by atoms with van der Waals surface area (Å²) in [5.41, 5.74) is -3.95. The normalized spacial score (nSPS) is 18.0. The van der Waals surface area contributed by atoms with Crippen molar-refractivity contribution in [2.75, 3.05) is 6.54 Å². The van der Waals surface area contributed by atoms with Gasteiger partial charge in [0.2, 0.25) is 0 Å². The van der Waals surface area contributed by atoms with Crippen LogP contribution in [0.1, 0.15) is 43.0 Å². The zero-order valence-electron chi connectivity index (χ0n) is 14.5. The molecule has 1 atom stereocenters. The van der Waals surface area contributed by atoms with Gasteiger partial charge in [-0.3, -0.25) is 0 Å². The molecule has 146 valence electrons. The highest BCUT2D eigenvalue weighted by Crippen LogP contribution is 2.39. The smallest absolute Gasteiger partial charge is 0.465 e. The monoisotopic (exact) mass is 395 g/mol. The summed E-state index contributed by atoms with van der Waals surface area (Å²) in [6, 6.07) is 2.16. The van der Waals surface area contributed by atoms with Gasteiger partial charge in [0.05, 0.1) is 6.04 Å². The molecule has 2 rings (SSSR count). The molecule has 0 radical (unpaired) electrons. The van der Waals surface area contributed by atoms with Crippen LogP contribution in [-0.2, 0) is 16.5 Å². The first-order chi connectivity index (χ1) is 11.8. The van der Waals surface area contributed by atoms with Crippen molar-refractivity contribution in [1.29, 1.82) is 0 Å². The van der Waals surface area contributed by atoms with Gasteiger partial charge in [0, 0.05) is 6.54 Å². The molecule has 1 aromatic carbocycles. The van der Waals surface area contributed by atoms with E-state index < -0.39 is 33.5 Å². The molecule has 0 fully saturated rings. The molecule has 0 spiro atoms. The molecule has 6 nitrogen and oxygen atoms in total. The number of alkyl halides is 3. The van der Waals surface area contributed by atoms with Gasteiger partial charge in [-0.25, -0.2) is 4.79 Å². The quantitative estimate of drug-likeness (QED) is 0.618. The first-order valence-electron chi connectivity index (χ1n) is 7.98. The van der Waals surface area contributed by atoms with Gasteiger partial charge in [-0.2, -0.15) is 21.6 Å². The highest BCUT2D eigenvalue weighted by molar-refractivity contribution is 7.88. The van der Waals surface area contributed by atoms with Crippen LogP contribution in [0.15, 0.2) is 12.1 Å². The summed E-state index contributed by atoms with van der Waals surface area (Å²) < 4.78 is 64.4. The minimum Gasteiger partial charge on any atom is -0.465 e. The zero-order valence-corrected chi connectivity index (χ0v) is 15.3. The van der Waals surface area contributed by atoms with Crippen LogP contribution in [-0.4, -0.2) is 36.6 Å². The number of halogens is 3. The Morgan fingerprint density at radius 2 is 2.00 bits per heavy atom. The Hall–Kier alpha value is -1.97. The second-order valence-electron chi connectivity index (χ2n) is 6.61. The molecule has 1 heterocycles. The summed E-state index contributed by atoms with van der Waals surface area (Å²) in [5, 5.41) is 9.41. The van der Waals surface area contributed by atoms with E-state index in [1.165, 1.54) is 17.9 Å². The molecule has 1 aliphatic rings. The summed E-state index contributed by atoms with van der Waals surface area (Å²) in [7, 11) is -5.76. The molecule has 1 N–H and O–H groups in total. The molecule has 0 aromatic heterocycles. The van der Waals surface area contributed by atoms with E-state index in [1.807, 2.05) is 13.8 Å². The number of hydrogen-bond acceptors (Lipinski definition) is 4. The lowest BCUT2D eigenvalue weighted by Crippen LogP contribution is -2.40. The maximum atomic E-state index is 12.6. The summed E-state index contributed by atoms with van der Waals surface area (Å²) in [6.45, 7) is 5.53. The number of nitrogens with zero attached hydrogens (tertiary/aromatic N) is 1. The van der Waals surface area contributed by atoms with Gasteiger partial charge in [0.15, 0.2) is 0 Å². The second kappa shape index (κ2) is 6.98. The molecular weight excluding hydrogens is 375 g/mol. The summed E-state index contributed by atoms with van der Waals surface area (Å²) in [4.78, 5) is 12.8. The Labute approximate surface area is 149 Å². The lowest BCUT2D eigenvalue weighted by Gasteiger charge is -2.37. The fourth-order valence-electron chi connectivity index (χ4n) is 3.14. The first kappa shape index (κ1) is 20.3. The Kier molecular flexibility index (Phi) is 5.46. The lowest BCUT2D eigenvalue weighted by atomic mass is 9.85. The van der Waals surface area contributed by atoms with Gasteiger partial charge in [0.1, 0.15) is 5.75 Å². The Morgan fingerprint density at radius 3 is 2.50 bits per heavy atom. The zero-order chi connectivity index (χ0) is 19.9. The van der Waals surface area contributed by atoms with E-state index in [2.05, 4.69) is 4.18 Å². The van der Waals surface area contributed by atoms with E-state index in [0.717, 1.165) is 6.07 Å². The van der Waals surface area contributed by atoms with Crippen molar-refractivity contribution in [3.63, 3.8) is 0 Å². The summed E-state index contributed by atoms with van der Waals surface area (Å²) in [6.07, 6.45) is -0.260. The molecule has 0 bridgehead atoms. The van der Waals surface area contributed by atoms with Crippen LogP contribution in [0, 0.1) is 12.8 Å². The second-order valence-corrected chi connectivity index (χ2v) is 8.15. The van der Waals surface area contributed by atoms with E-state index in [1.54, 1.807) is 0 Å². The fraction of sp³-hybridized carbons (Fsp3) is 0.562. The molecule has 1 unspecified atom stereocenters. The van der Waals surface area contributed by atoms with Crippen LogP contribution in [0.2, 0.25) is 0 Å². The average Bonchev–Trinajstić information content (AvgIpc) is 2.48. The standard InChI is InChI=1S/C16H20F3NO5S/c1-9(2)8-13-12-4-5-14(25-26(23,24)16(17,18)19)10(3)11(12)6-7-20(13)15(21)22/h4-5,9,13H,6-8H2,1-3H3,(H,21,22). The van der Waals surface area contributed by atoms with Crippen LogP contribution in [0.25, 0.3) is 0 Å². The van der Waals surface area contributed by atoms with Crippen LogP contribution < -0.4 is 4.18 Å². The van der Waals surface area contributed by atoms with Gasteiger partial charge >= 0.3 is 21.7 Å². The molecule has 0 saturated carbocycles. The van der Waals surface area contributed by atoms with Crippen LogP contribution in [0.4, 0.5) is 18.0 Å². The molecular formula is C16H20F3NO5S. The van der Waals surface area contributed by atoms with Gasteiger partial charge in [-0.15, -0.1) is 0 Å². The number of fused-ring (bicyclic) bond motifs is 1. The molecule has 0 saturated heterocycles. The van der Waals surface area contributed by atoms with Gasteiger partial charge in [-0.05, 0) is 48.4 Å². The molecule has 0 aliphatic carbocycles. The maximum absolute atomic E-state index is 12.6. The third-order valence-electron chi connectivity index (χ3n) is 4.35. The predicted molar refractivity (Wildman–Crippen MR) is 87.4 cm³/mol. The van der Waals surface area contributed by atoms with E-state index in [9.17, 15) is 31.5 Å². The molecule has 10 heteroatoms. The lowest BCUT2D eigenvalue weighted by molar-refractivity contribution is -0.0500. The van der Waals surface area contributed by atoms with Crippen molar-refractivity contribution >= 4 is 16.2 Å². The SMILES string of the molecule is Cc1c(OS(=O)(=O)C(F)(F)F)ccc2c1CCN(C(=O)O)C2CC(C)C. The number of amides is 1. The van der Waals surface area contributed by atoms with Crippen LogP contribution >= 0.6 is 0 Å². The largest absolute Gasteiger partial charge is 0.534 e. The fourth-order valence-corrected chi connectivity index (χ4v) is 3.65. The van der Waals surface area contributed by atoms with Crippen LogP contribution in [0.3, 0.4) is 0 Å². The highest BCUT2D eigenvalue weighted by atomic mass is 32.2. The third kappa shape index (κ3) is 3.89. The van der Waals surface area contributed by atoms with Crippen molar-refractivity contribution in [3.8, 4) is 5.75 Å². The minimum atomic E-state index is -5.76. The summed E-state index contributed by atoms with van der Waals surface area (Å²) in [5.74, 6) is -0.206. The molecule has 26 heavy (non-hydrogen) atoms. The highest BCUT2D eigenvalue weighted by Gasteiger charge is 2.49. The van der Waals surface area contributed by atoms with E-state index >= 15 is 0 Å². The van der Waals surface area contributed by atoms with Crippen molar-refractivity contribution in [2.24, 2.45) is 5.92 Å². The molecule has 1 amide bonds. The van der Waals surface area contributed by atoms with Crippen molar-refractivity contribution in [2.45, 2.75) is 45.2 Å². The Morgan fingerprint density at radius 1 is 1.38 bits per heavy atom. The average molecular weight is 395 g/mol. The first-order valence-corrected chi connectivity index (χ1v) is 9.38. The number of carbonyl (C=O) groups is 1. The van der Waals surface area contributed by atoms with Crippen LogP contribution in [0.5, 0.6) is 5.75 Å². The topological polar surface area (TPSA) is 83.9 Å². The number of rotatable bonds is 4. The van der Waals surface area contributed by atoms with Crippen molar-refractivity contribution < 1.29 is 35.7 Å². The number of carboxylic acid groups (broad SMARTS) is 1. The van der Waals surface area contributed by atoms with E-state index in [4.69, 9.17) is 0 Å². The van der Waals surface area contributed by atoms with E-state index in [-0.39, 0.29) is 24.4 Å². The van der Waals surface area contributed by atoms with E-state index in [0.29, 0.717) is 17.5 Å².